The minimum Gasteiger partial charge on any atom is -0.504 e. The van der Waals surface area contributed by atoms with E-state index in [1.165, 1.54) is 23.5 Å². The summed E-state index contributed by atoms with van der Waals surface area (Å²) in [5.74, 6) is -0.362. The second kappa shape index (κ2) is 4.73. The maximum Gasteiger partial charge on any atom is 0.157 e. The fourth-order valence-electron chi connectivity index (χ4n) is 1.39. The summed E-state index contributed by atoms with van der Waals surface area (Å²) in [6, 6.07) is 10.3. The molecule has 2 aromatic rings. The molecule has 4 heteroatoms. The molecule has 0 saturated carbocycles. The summed E-state index contributed by atoms with van der Waals surface area (Å²) < 4.78 is 0. The Morgan fingerprint density at radius 2 is 2.06 bits per heavy atom. The zero-order valence-corrected chi connectivity index (χ0v) is 9.61. The first-order valence-electron chi connectivity index (χ1n) is 4.88. The summed E-state index contributed by atoms with van der Waals surface area (Å²) >= 11 is 1.48. The molecule has 0 radical (unpaired) electrons. The standard InChI is InChI=1S/C13H9NO2S/c14-8-10(13-2-1-5-17-13)6-9-3-4-11(15)12(16)7-9/h1-7,15-16H/b10-6+. The first kappa shape index (κ1) is 11.2. The summed E-state index contributed by atoms with van der Waals surface area (Å²) in [6.07, 6.45) is 1.67. The molecule has 0 spiro atoms. The molecule has 1 heterocycles. The molecule has 1 aromatic carbocycles. The summed E-state index contributed by atoms with van der Waals surface area (Å²) in [4.78, 5) is 0.875. The molecule has 0 amide bonds. The highest BCUT2D eigenvalue weighted by molar-refractivity contribution is 7.11. The molecule has 0 unspecified atom stereocenters. The lowest BCUT2D eigenvalue weighted by atomic mass is 10.1. The summed E-state index contributed by atoms with van der Waals surface area (Å²) in [5, 5.41) is 29.5. The predicted molar refractivity (Wildman–Crippen MR) is 67.6 cm³/mol. The van der Waals surface area contributed by atoms with Gasteiger partial charge in [-0.05, 0) is 35.2 Å². The van der Waals surface area contributed by atoms with Crippen LogP contribution in [0.3, 0.4) is 0 Å². The van der Waals surface area contributed by atoms with Gasteiger partial charge >= 0.3 is 0 Å². The van der Waals surface area contributed by atoms with Gasteiger partial charge in [0.05, 0.1) is 5.57 Å². The van der Waals surface area contributed by atoms with Crippen LogP contribution in [0.25, 0.3) is 11.6 Å². The molecule has 0 atom stereocenters. The van der Waals surface area contributed by atoms with Gasteiger partial charge in [-0.25, -0.2) is 0 Å². The molecule has 2 N–H and O–H groups in total. The van der Waals surface area contributed by atoms with E-state index in [-0.39, 0.29) is 11.5 Å². The molecule has 0 fully saturated rings. The number of phenolic OH excluding ortho intramolecular Hbond substituents is 2. The van der Waals surface area contributed by atoms with E-state index in [0.717, 1.165) is 4.88 Å². The van der Waals surface area contributed by atoms with Crippen LogP contribution in [0.2, 0.25) is 0 Å². The van der Waals surface area contributed by atoms with E-state index in [4.69, 9.17) is 5.26 Å². The van der Waals surface area contributed by atoms with Crippen LogP contribution in [0.5, 0.6) is 11.5 Å². The Bertz CT molecular complexity index is 594. The van der Waals surface area contributed by atoms with Gasteiger partial charge in [-0.3, -0.25) is 0 Å². The van der Waals surface area contributed by atoms with Crippen LogP contribution in [0.15, 0.2) is 35.7 Å². The van der Waals surface area contributed by atoms with E-state index in [0.29, 0.717) is 11.1 Å². The highest BCUT2D eigenvalue weighted by Gasteiger charge is 2.03. The van der Waals surface area contributed by atoms with Crippen molar-refractivity contribution in [1.29, 1.82) is 5.26 Å². The summed E-state index contributed by atoms with van der Waals surface area (Å²) in [5.41, 5.74) is 1.20. The van der Waals surface area contributed by atoms with Gasteiger partial charge in [0.2, 0.25) is 0 Å². The van der Waals surface area contributed by atoms with Crippen LogP contribution in [-0.2, 0) is 0 Å². The molecule has 0 saturated heterocycles. The molecule has 0 bridgehead atoms. The Morgan fingerprint density at radius 1 is 1.24 bits per heavy atom. The maximum atomic E-state index is 9.36. The largest absolute Gasteiger partial charge is 0.504 e. The molecule has 0 aliphatic heterocycles. The minimum atomic E-state index is -0.192. The van der Waals surface area contributed by atoms with Crippen molar-refractivity contribution in [3.63, 3.8) is 0 Å². The number of nitriles is 1. The van der Waals surface area contributed by atoms with E-state index in [2.05, 4.69) is 6.07 Å². The summed E-state index contributed by atoms with van der Waals surface area (Å²) in [7, 11) is 0. The Balaban J connectivity index is 2.41. The third-order valence-corrected chi connectivity index (χ3v) is 3.12. The van der Waals surface area contributed by atoms with Gasteiger partial charge in [-0.1, -0.05) is 12.1 Å². The van der Waals surface area contributed by atoms with Crippen molar-refractivity contribution in [3.05, 3.63) is 46.2 Å². The molecular formula is C13H9NO2S. The van der Waals surface area contributed by atoms with E-state index >= 15 is 0 Å². The number of thiophene rings is 1. The van der Waals surface area contributed by atoms with Gasteiger partial charge in [0.1, 0.15) is 6.07 Å². The van der Waals surface area contributed by atoms with Crippen molar-refractivity contribution in [2.24, 2.45) is 0 Å². The SMILES string of the molecule is N#C/C(=C\c1ccc(O)c(O)c1)c1cccs1. The Hall–Kier alpha value is -2.25. The summed E-state index contributed by atoms with van der Waals surface area (Å²) in [6.45, 7) is 0. The van der Waals surface area contributed by atoms with E-state index in [1.54, 1.807) is 12.1 Å². The number of nitrogens with zero attached hydrogens (tertiary/aromatic N) is 1. The van der Waals surface area contributed by atoms with E-state index in [9.17, 15) is 10.2 Å². The van der Waals surface area contributed by atoms with Crippen molar-refractivity contribution in [2.75, 3.05) is 0 Å². The molecule has 2 rings (SSSR count). The average Bonchev–Trinajstić information content (AvgIpc) is 2.84. The number of hydrogen-bond donors (Lipinski definition) is 2. The monoisotopic (exact) mass is 243 g/mol. The Kier molecular flexibility index (Phi) is 3.12. The van der Waals surface area contributed by atoms with Gasteiger partial charge in [-0.2, -0.15) is 5.26 Å². The minimum absolute atomic E-state index is 0.170. The number of rotatable bonds is 2. The third kappa shape index (κ3) is 2.47. The fraction of sp³-hybridized carbons (Fsp3) is 0. The molecule has 1 aromatic heterocycles. The Labute approximate surface area is 103 Å². The van der Waals surface area contributed by atoms with E-state index in [1.807, 2.05) is 17.5 Å². The van der Waals surface area contributed by atoms with Crippen LogP contribution >= 0.6 is 11.3 Å². The topological polar surface area (TPSA) is 64.2 Å². The highest BCUT2D eigenvalue weighted by Crippen LogP contribution is 2.28. The van der Waals surface area contributed by atoms with Crippen molar-refractivity contribution >= 4 is 23.0 Å². The molecular weight excluding hydrogens is 234 g/mol. The molecule has 17 heavy (non-hydrogen) atoms. The zero-order chi connectivity index (χ0) is 12.3. The van der Waals surface area contributed by atoms with Crippen LogP contribution < -0.4 is 0 Å². The zero-order valence-electron chi connectivity index (χ0n) is 8.79. The number of phenols is 2. The van der Waals surface area contributed by atoms with Crippen molar-refractivity contribution in [1.82, 2.24) is 0 Å². The molecule has 0 aliphatic carbocycles. The van der Waals surface area contributed by atoms with Crippen molar-refractivity contribution < 1.29 is 10.2 Å². The van der Waals surface area contributed by atoms with Gasteiger partial charge < -0.3 is 10.2 Å². The first-order valence-corrected chi connectivity index (χ1v) is 5.76. The van der Waals surface area contributed by atoms with Crippen molar-refractivity contribution in [3.8, 4) is 17.6 Å². The fourth-order valence-corrected chi connectivity index (χ4v) is 2.08. The quantitative estimate of drug-likeness (QED) is 0.628. The van der Waals surface area contributed by atoms with Crippen molar-refractivity contribution in [2.45, 2.75) is 0 Å². The lowest BCUT2D eigenvalue weighted by Gasteiger charge is -1.99. The highest BCUT2D eigenvalue weighted by atomic mass is 32.1. The Morgan fingerprint density at radius 3 is 2.65 bits per heavy atom. The van der Waals surface area contributed by atoms with E-state index < -0.39 is 0 Å². The molecule has 84 valence electrons. The first-order chi connectivity index (χ1) is 8.20. The van der Waals surface area contributed by atoms with Crippen LogP contribution in [-0.4, -0.2) is 10.2 Å². The number of benzene rings is 1. The second-order valence-electron chi connectivity index (χ2n) is 3.40. The predicted octanol–water partition coefficient (Wildman–Crippen LogP) is 3.22. The van der Waals surface area contributed by atoms with Gasteiger partial charge in [0.25, 0.3) is 0 Å². The smallest absolute Gasteiger partial charge is 0.157 e. The van der Waals surface area contributed by atoms with Crippen LogP contribution in [0.1, 0.15) is 10.4 Å². The third-order valence-electron chi connectivity index (χ3n) is 2.22. The second-order valence-corrected chi connectivity index (χ2v) is 4.34. The average molecular weight is 243 g/mol. The number of aromatic hydroxyl groups is 2. The molecule has 0 aliphatic rings. The van der Waals surface area contributed by atoms with Gasteiger partial charge in [0, 0.05) is 4.88 Å². The molecule has 3 nitrogen and oxygen atoms in total. The van der Waals surface area contributed by atoms with Gasteiger partial charge in [0.15, 0.2) is 11.5 Å². The number of hydrogen-bond acceptors (Lipinski definition) is 4. The number of allylic oxidation sites excluding steroid dienone is 1. The maximum absolute atomic E-state index is 9.36. The lowest BCUT2D eigenvalue weighted by molar-refractivity contribution is 0.403. The van der Waals surface area contributed by atoms with Gasteiger partial charge in [-0.15, -0.1) is 11.3 Å². The lowest BCUT2D eigenvalue weighted by Crippen LogP contribution is -1.78. The van der Waals surface area contributed by atoms with Crippen LogP contribution in [0.4, 0.5) is 0 Å². The van der Waals surface area contributed by atoms with Crippen LogP contribution in [0, 0.1) is 11.3 Å². The normalized spacial score (nSPS) is 11.1.